The summed E-state index contributed by atoms with van der Waals surface area (Å²) in [5.74, 6) is 0.278. The maximum atomic E-state index is 5.26. The number of nitrogens with two attached hydrogens (primary N) is 2. The number of likely N-dealkylation sites (N-methyl/N-ethyl adjacent to an activating group) is 1. The van der Waals surface area contributed by atoms with Gasteiger partial charge in [0.05, 0.1) is 6.54 Å². The van der Waals surface area contributed by atoms with E-state index in [-0.39, 0.29) is 11.5 Å². The maximum Gasteiger partial charge on any atom is 0.338 e. The Morgan fingerprint density at radius 2 is 1.82 bits per heavy atom. The van der Waals surface area contributed by atoms with Crippen LogP contribution in [0.2, 0.25) is 0 Å². The predicted molar refractivity (Wildman–Crippen MR) is 47.0 cm³/mol. The summed E-state index contributed by atoms with van der Waals surface area (Å²) in [6.07, 6.45) is 0. The molecule has 0 bridgehead atoms. The third-order valence-electron chi connectivity index (χ3n) is 1.94. The molecular weight excluding hydrogens is 140 g/mol. The number of hydrogen-bond acceptors (Lipinski definition) is 1. The largest absolute Gasteiger partial charge is 0.338 e. The molecule has 0 aliphatic rings. The summed E-state index contributed by atoms with van der Waals surface area (Å²) in [6, 6.07) is 0. The van der Waals surface area contributed by atoms with Crippen molar-refractivity contribution in [1.82, 2.24) is 4.90 Å². The molecule has 0 aliphatic heterocycles. The van der Waals surface area contributed by atoms with Gasteiger partial charge < -0.3 is 4.90 Å². The van der Waals surface area contributed by atoms with Crippen molar-refractivity contribution in [3.63, 3.8) is 0 Å². The monoisotopic (exact) mass is 159 g/mol. The molecule has 5 N–H and O–H groups in total. The fraction of sp³-hybridized carbons (Fsp3) is 0.857. The molecule has 4 heteroatoms. The molecular formula is C7H19N4+. The van der Waals surface area contributed by atoms with E-state index in [9.17, 15) is 0 Å². The van der Waals surface area contributed by atoms with Crippen molar-refractivity contribution in [2.24, 2.45) is 11.5 Å². The Hall–Kier alpha value is -0.770. The van der Waals surface area contributed by atoms with Crippen molar-refractivity contribution in [2.45, 2.75) is 19.4 Å². The second-order valence-corrected chi connectivity index (χ2v) is 3.52. The summed E-state index contributed by atoms with van der Waals surface area (Å²) in [4.78, 5) is 5.01. The highest BCUT2D eigenvalue weighted by molar-refractivity contribution is 5.69. The van der Waals surface area contributed by atoms with Crippen LogP contribution in [0, 0.1) is 0 Å². The lowest BCUT2D eigenvalue weighted by Gasteiger charge is -2.29. The van der Waals surface area contributed by atoms with E-state index in [1.165, 1.54) is 0 Å². The normalized spacial score (nSPS) is 11.7. The van der Waals surface area contributed by atoms with E-state index in [0.717, 1.165) is 6.54 Å². The van der Waals surface area contributed by atoms with Crippen molar-refractivity contribution in [1.29, 1.82) is 0 Å². The van der Waals surface area contributed by atoms with Gasteiger partial charge in [-0.05, 0) is 27.9 Å². The summed E-state index contributed by atoms with van der Waals surface area (Å²) in [5.41, 5.74) is 10.6. The SMILES string of the molecule is CN(C)C(C)(C)C[NH+]=C(N)N. The molecule has 0 spiro atoms. The van der Waals surface area contributed by atoms with Crippen molar-refractivity contribution < 1.29 is 4.99 Å². The Morgan fingerprint density at radius 3 is 2.09 bits per heavy atom. The van der Waals surface area contributed by atoms with E-state index in [4.69, 9.17) is 11.5 Å². The van der Waals surface area contributed by atoms with E-state index < -0.39 is 0 Å². The topological polar surface area (TPSA) is 69.2 Å². The summed E-state index contributed by atoms with van der Waals surface area (Å²) >= 11 is 0. The van der Waals surface area contributed by atoms with Gasteiger partial charge in [0.15, 0.2) is 0 Å². The number of nitrogens with one attached hydrogen (secondary N) is 1. The van der Waals surface area contributed by atoms with E-state index in [1.807, 2.05) is 14.1 Å². The zero-order chi connectivity index (χ0) is 9.07. The van der Waals surface area contributed by atoms with Crippen molar-refractivity contribution in [3.05, 3.63) is 0 Å². The first-order valence-corrected chi connectivity index (χ1v) is 3.65. The molecule has 0 aromatic carbocycles. The van der Waals surface area contributed by atoms with Crippen LogP contribution < -0.4 is 16.5 Å². The van der Waals surface area contributed by atoms with Crippen LogP contribution in [0.5, 0.6) is 0 Å². The summed E-state index contributed by atoms with van der Waals surface area (Å²) < 4.78 is 0. The van der Waals surface area contributed by atoms with Gasteiger partial charge in [-0.2, -0.15) is 0 Å². The molecule has 0 heterocycles. The Morgan fingerprint density at radius 1 is 1.36 bits per heavy atom. The average Bonchev–Trinajstić information content (AvgIpc) is 1.84. The van der Waals surface area contributed by atoms with Crippen LogP contribution in [0.3, 0.4) is 0 Å². The lowest BCUT2D eigenvalue weighted by molar-refractivity contribution is -0.474. The highest BCUT2D eigenvalue weighted by Gasteiger charge is 2.20. The molecule has 0 saturated heterocycles. The average molecular weight is 159 g/mol. The quantitative estimate of drug-likeness (QED) is 0.320. The zero-order valence-corrected chi connectivity index (χ0v) is 7.81. The van der Waals surface area contributed by atoms with Crippen molar-refractivity contribution in [3.8, 4) is 0 Å². The lowest BCUT2D eigenvalue weighted by atomic mass is 10.1. The standard InChI is InChI=1S/C7H18N4/c1-7(2,11(3)4)5-10-6(8)9/h5H2,1-4H3,(H4,8,9,10)/p+1. The van der Waals surface area contributed by atoms with Gasteiger partial charge >= 0.3 is 5.96 Å². The zero-order valence-electron chi connectivity index (χ0n) is 7.81. The van der Waals surface area contributed by atoms with Gasteiger partial charge in [-0.25, -0.2) is 0 Å². The van der Waals surface area contributed by atoms with Crippen LogP contribution in [0.4, 0.5) is 0 Å². The van der Waals surface area contributed by atoms with E-state index in [0.29, 0.717) is 0 Å². The predicted octanol–water partition coefficient (Wildman–Crippen LogP) is -2.32. The molecule has 4 nitrogen and oxygen atoms in total. The van der Waals surface area contributed by atoms with Gasteiger partial charge in [0.25, 0.3) is 0 Å². The lowest BCUT2D eigenvalue weighted by Crippen LogP contribution is -2.82. The minimum absolute atomic E-state index is 0.0734. The number of hydrogen-bond donors (Lipinski definition) is 3. The van der Waals surface area contributed by atoms with Crippen molar-refractivity contribution in [2.75, 3.05) is 20.6 Å². The van der Waals surface area contributed by atoms with Gasteiger partial charge in [-0.3, -0.25) is 16.5 Å². The number of nitrogens with zero attached hydrogens (tertiary/aromatic N) is 1. The molecule has 0 aromatic heterocycles. The molecule has 0 rings (SSSR count). The first-order valence-electron chi connectivity index (χ1n) is 3.65. The third kappa shape index (κ3) is 3.83. The molecule has 0 saturated carbocycles. The maximum absolute atomic E-state index is 5.26. The summed E-state index contributed by atoms with van der Waals surface area (Å²) in [5, 5.41) is 0. The molecule has 11 heavy (non-hydrogen) atoms. The van der Waals surface area contributed by atoms with Crippen LogP contribution >= 0.6 is 0 Å². The van der Waals surface area contributed by atoms with Crippen LogP contribution in [0.15, 0.2) is 0 Å². The third-order valence-corrected chi connectivity index (χ3v) is 1.94. The van der Waals surface area contributed by atoms with Gasteiger partial charge in [-0.15, -0.1) is 0 Å². The summed E-state index contributed by atoms with van der Waals surface area (Å²) in [6.45, 7) is 4.98. The molecule has 0 aliphatic carbocycles. The minimum atomic E-state index is 0.0734. The molecule has 0 atom stereocenters. The highest BCUT2D eigenvalue weighted by Crippen LogP contribution is 2.04. The second-order valence-electron chi connectivity index (χ2n) is 3.52. The van der Waals surface area contributed by atoms with E-state index >= 15 is 0 Å². The molecule has 0 radical (unpaired) electrons. The van der Waals surface area contributed by atoms with Crippen LogP contribution in [0.1, 0.15) is 13.8 Å². The number of rotatable bonds is 3. The van der Waals surface area contributed by atoms with Crippen molar-refractivity contribution >= 4 is 5.96 Å². The summed E-state index contributed by atoms with van der Waals surface area (Å²) in [7, 11) is 4.04. The first kappa shape index (κ1) is 10.2. The molecule has 66 valence electrons. The van der Waals surface area contributed by atoms with E-state index in [1.54, 1.807) is 0 Å². The van der Waals surface area contributed by atoms with Crippen LogP contribution in [-0.4, -0.2) is 37.0 Å². The van der Waals surface area contributed by atoms with Gasteiger partial charge in [0, 0.05) is 5.54 Å². The minimum Gasteiger partial charge on any atom is -0.301 e. The Kier molecular flexibility index (Phi) is 3.32. The second kappa shape index (κ2) is 3.57. The fourth-order valence-electron chi connectivity index (χ4n) is 0.476. The fourth-order valence-corrected chi connectivity index (χ4v) is 0.476. The first-order chi connectivity index (χ1) is 4.86. The Labute approximate surface area is 68.3 Å². The van der Waals surface area contributed by atoms with Crippen LogP contribution in [0.25, 0.3) is 0 Å². The Balaban J connectivity index is 4.03. The van der Waals surface area contributed by atoms with Gasteiger partial charge in [-0.1, -0.05) is 0 Å². The van der Waals surface area contributed by atoms with E-state index in [2.05, 4.69) is 23.7 Å². The smallest absolute Gasteiger partial charge is 0.301 e. The molecule has 0 aromatic rings. The molecule has 0 unspecified atom stereocenters. The van der Waals surface area contributed by atoms with Crippen LogP contribution in [-0.2, 0) is 0 Å². The van der Waals surface area contributed by atoms with Gasteiger partial charge in [0.1, 0.15) is 0 Å². The highest BCUT2D eigenvalue weighted by atomic mass is 15.2. The Bertz CT molecular complexity index is 145. The molecule has 0 amide bonds. The molecule has 0 fully saturated rings. The number of guanidine groups is 1. The van der Waals surface area contributed by atoms with Gasteiger partial charge in [0.2, 0.25) is 0 Å².